The summed E-state index contributed by atoms with van der Waals surface area (Å²) in [5, 5.41) is 13.6. The van der Waals surface area contributed by atoms with Gasteiger partial charge in [-0.2, -0.15) is 5.10 Å². The molecule has 0 spiro atoms. The van der Waals surface area contributed by atoms with Crippen LogP contribution in [0.5, 0.6) is 0 Å². The molecule has 0 radical (unpaired) electrons. The zero-order valence-corrected chi connectivity index (χ0v) is 15.2. The van der Waals surface area contributed by atoms with Crippen molar-refractivity contribution in [3.63, 3.8) is 0 Å². The van der Waals surface area contributed by atoms with Gasteiger partial charge >= 0.3 is 0 Å². The molecule has 1 aromatic rings. The molecule has 1 aromatic heterocycles. The summed E-state index contributed by atoms with van der Waals surface area (Å²) in [6, 6.07) is 2.08. The Kier molecular flexibility index (Phi) is 7.06. The molecular formula is C16H30N6O. The zero-order chi connectivity index (χ0) is 17.5. The maximum atomic E-state index is 11.8. The molecule has 1 heterocycles. The van der Waals surface area contributed by atoms with E-state index < -0.39 is 5.41 Å². The second-order valence-corrected chi connectivity index (χ2v) is 6.32. The summed E-state index contributed by atoms with van der Waals surface area (Å²) in [7, 11) is 3.37. The van der Waals surface area contributed by atoms with Crippen LogP contribution in [0.25, 0.3) is 0 Å². The highest BCUT2D eigenvalue weighted by Gasteiger charge is 2.26. The lowest BCUT2D eigenvalue weighted by atomic mass is 9.92. The van der Waals surface area contributed by atoms with Gasteiger partial charge in [-0.1, -0.05) is 0 Å². The highest BCUT2D eigenvalue weighted by atomic mass is 16.2. The van der Waals surface area contributed by atoms with Crippen molar-refractivity contribution in [2.45, 2.75) is 40.7 Å². The van der Waals surface area contributed by atoms with Gasteiger partial charge in [-0.05, 0) is 40.2 Å². The highest BCUT2D eigenvalue weighted by molar-refractivity contribution is 5.84. The fourth-order valence-electron chi connectivity index (χ4n) is 2.28. The fourth-order valence-corrected chi connectivity index (χ4v) is 2.28. The van der Waals surface area contributed by atoms with Crippen LogP contribution in [0.2, 0.25) is 0 Å². The van der Waals surface area contributed by atoms with Crippen molar-refractivity contribution in [2.24, 2.45) is 10.4 Å². The molecular weight excluding hydrogens is 292 g/mol. The third kappa shape index (κ3) is 5.92. The highest BCUT2D eigenvalue weighted by Crippen LogP contribution is 2.12. The van der Waals surface area contributed by atoms with Crippen molar-refractivity contribution in [1.29, 1.82) is 0 Å². The standard InChI is InChI=1S/C16H30N6O/c1-12-10-13(2)22(21-12)9-7-8-19-15(18-6)20-11-16(3,4)14(23)17-5/h10H,7-9,11H2,1-6H3,(H,17,23)(H2,18,19,20). The molecule has 0 saturated heterocycles. The first-order valence-corrected chi connectivity index (χ1v) is 7.98. The summed E-state index contributed by atoms with van der Waals surface area (Å²) < 4.78 is 2.02. The molecule has 0 unspecified atom stereocenters. The van der Waals surface area contributed by atoms with Gasteiger partial charge in [0.25, 0.3) is 0 Å². The Bertz CT molecular complexity index is 547. The first kappa shape index (κ1) is 19.0. The minimum absolute atomic E-state index is 0.00461. The molecule has 7 heteroatoms. The summed E-state index contributed by atoms with van der Waals surface area (Å²) in [4.78, 5) is 15.9. The molecule has 23 heavy (non-hydrogen) atoms. The largest absolute Gasteiger partial charge is 0.359 e. The number of guanidine groups is 1. The summed E-state index contributed by atoms with van der Waals surface area (Å²) in [6.07, 6.45) is 0.946. The van der Waals surface area contributed by atoms with E-state index in [4.69, 9.17) is 0 Å². The molecule has 7 nitrogen and oxygen atoms in total. The molecule has 1 amide bonds. The number of aliphatic imine (C=N–C) groups is 1. The molecule has 3 N–H and O–H groups in total. The zero-order valence-electron chi connectivity index (χ0n) is 15.2. The Hall–Kier alpha value is -2.05. The molecule has 0 fully saturated rings. The van der Waals surface area contributed by atoms with E-state index in [0.717, 1.165) is 25.2 Å². The molecule has 0 saturated carbocycles. The quantitative estimate of drug-likeness (QED) is 0.394. The van der Waals surface area contributed by atoms with Crippen LogP contribution in [-0.4, -0.2) is 48.8 Å². The number of hydrogen-bond donors (Lipinski definition) is 3. The molecule has 0 aliphatic heterocycles. The van der Waals surface area contributed by atoms with Crippen LogP contribution in [0.15, 0.2) is 11.1 Å². The van der Waals surface area contributed by atoms with Gasteiger partial charge in [-0.15, -0.1) is 0 Å². The van der Waals surface area contributed by atoms with Crippen molar-refractivity contribution < 1.29 is 4.79 Å². The Balaban J connectivity index is 2.35. The molecule has 0 aromatic carbocycles. The number of carbonyl (C=O) groups excluding carboxylic acids is 1. The van der Waals surface area contributed by atoms with E-state index in [9.17, 15) is 4.79 Å². The van der Waals surface area contributed by atoms with E-state index in [-0.39, 0.29) is 5.91 Å². The van der Waals surface area contributed by atoms with Crippen LogP contribution in [0.1, 0.15) is 31.7 Å². The molecule has 1 rings (SSSR count). The number of nitrogens with zero attached hydrogens (tertiary/aromatic N) is 3. The van der Waals surface area contributed by atoms with Crippen LogP contribution < -0.4 is 16.0 Å². The number of aryl methyl sites for hydroxylation is 3. The Morgan fingerprint density at radius 3 is 2.57 bits per heavy atom. The van der Waals surface area contributed by atoms with Crippen molar-refractivity contribution in [3.8, 4) is 0 Å². The van der Waals surface area contributed by atoms with Crippen LogP contribution in [-0.2, 0) is 11.3 Å². The van der Waals surface area contributed by atoms with Gasteiger partial charge in [0.15, 0.2) is 5.96 Å². The Labute approximate surface area is 138 Å². The van der Waals surface area contributed by atoms with Gasteiger partial charge in [-0.25, -0.2) is 0 Å². The summed E-state index contributed by atoms with van der Waals surface area (Å²) >= 11 is 0. The van der Waals surface area contributed by atoms with Gasteiger partial charge < -0.3 is 16.0 Å². The number of hydrogen-bond acceptors (Lipinski definition) is 3. The van der Waals surface area contributed by atoms with Gasteiger partial charge in [0.05, 0.1) is 11.1 Å². The number of nitrogens with one attached hydrogen (secondary N) is 3. The van der Waals surface area contributed by atoms with Crippen LogP contribution >= 0.6 is 0 Å². The second-order valence-electron chi connectivity index (χ2n) is 6.32. The first-order valence-electron chi connectivity index (χ1n) is 7.98. The van der Waals surface area contributed by atoms with Crippen LogP contribution in [0, 0.1) is 19.3 Å². The number of aromatic nitrogens is 2. The van der Waals surface area contributed by atoms with Crippen molar-refractivity contribution >= 4 is 11.9 Å². The topological polar surface area (TPSA) is 83.3 Å². The van der Waals surface area contributed by atoms with Crippen molar-refractivity contribution in [3.05, 3.63) is 17.5 Å². The van der Waals surface area contributed by atoms with E-state index in [1.165, 1.54) is 5.69 Å². The van der Waals surface area contributed by atoms with E-state index in [2.05, 4.69) is 39.0 Å². The van der Waals surface area contributed by atoms with Gasteiger partial charge in [0.1, 0.15) is 0 Å². The fraction of sp³-hybridized carbons (Fsp3) is 0.688. The van der Waals surface area contributed by atoms with Gasteiger partial charge in [0, 0.05) is 39.4 Å². The predicted octanol–water partition coefficient (Wildman–Crippen LogP) is 0.827. The molecule has 0 aliphatic rings. The average Bonchev–Trinajstić information content (AvgIpc) is 2.83. The lowest BCUT2D eigenvalue weighted by Crippen LogP contribution is -2.47. The average molecular weight is 322 g/mol. The lowest BCUT2D eigenvalue weighted by Gasteiger charge is -2.24. The predicted molar refractivity (Wildman–Crippen MR) is 93.5 cm³/mol. The molecule has 0 aliphatic carbocycles. The number of rotatable bonds is 7. The normalized spacial score (nSPS) is 12.2. The SMILES string of the molecule is CN=C(NCCCn1nc(C)cc1C)NCC(C)(C)C(=O)NC. The minimum Gasteiger partial charge on any atom is -0.359 e. The third-order valence-electron chi connectivity index (χ3n) is 3.71. The Morgan fingerprint density at radius 2 is 2.04 bits per heavy atom. The van der Waals surface area contributed by atoms with E-state index in [0.29, 0.717) is 12.5 Å². The maximum Gasteiger partial charge on any atom is 0.227 e. The number of carbonyl (C=O) groups is 1. The van der Waals surface area contributed by atoms with E-state index in [1.807, 2.05) is 25.5 Å². The van der Waals surface area contributed by atoms with E-state index >= 15 is 0 Å². The first-order chi connectivity index (χ1) is 10.8. The van der Waals surface area contributed by atoms with Gasteiger partial charge in [-0.3, -0.25) is 14.5 Å². The smallest absolute Gasteiger partial charge is 0.227 e. The monoisotopic (exact) mass is 322 g/mol. The third-order valence-corrected chi connectivity index (χ3v) is 3.71. The molecule has 130 valence electrons. The van der Waals surface area contributed by atoms with Crippen molar-refractivity contribution in [1.82, 2.24) is 25.7 Å². The molecule has 0 atom stereocenters. The second kappa shape index (κ2) is 8.55. The minimum atomic E-state index is -0.490. The summed E-state index contributed by atoms with van der Waals surface area (Å²) in [5.74, 6) is 0.709. The van der Waals surface area contributed by atoms with E-state index in [1.54, 1.807) is 14.1 Å². The molecule has 0 bridgehead atoms. The maximum absolute atomic E-state index is 11.8. The van der Waals surface area contributed by atoms with Crippen molar-refractivity contribution in [2.75, 3.05) is 27.2 Å². The van der Waals surface area contributed by atoms with Crippen LogP contribution in [0.3, 0.4) is 0 Å². The lowest BCUT2D eigenvalue weighted by molar-refractivity contribution is -0.128. The van der Waals surface area contributed by atoms with Crippen LogP contribution in [0.4, 0.5) is 0 Å². The summed E-state index contributed by atoms with van der Waals surface area (Å²) in [6.45, 7) is 10.0. The number of amides is 1. The summed E-state index contributed by atoms with van der Waals surface area (Å²) in [5.41, 5.74) is 1.73. The Morgan fingerprint density at radius 1 is 1.35 bits per heavy atom. The van der Waals surface area contributed by atoms with Gasteiger partial charge in [0.2, 0.25) is 5.91 Å².